The van der Waals surface area contributed by atoms with Gasteiger partial charge in [0, 0.05) is 19.0 Å². The van der Waals surface area contributed by atoms with E-state index in [1.165, 1.54) is 11.3 Å². The molecule has 0 N–H and O–H groups in total. The van der Waals surface area contributed by atoms with E-state index in [9.17, 15) is 4.79 Å². The normalized spacial score (nSPS) is 19.9. The van der Waals surface area contributed by atoms with Crippen LogP contribution in [0.2, 0.25) is 0 Å². The van der Waals surface area contributed by atoms with Gasteiger partial charge in [0.2, 0.25) is 0 Å². The van der Waals surface area contributed by atoms with Crippen molar-refractivity contribution in [1.82, 2.24) is 9.88 Å². The van der Waals surface area contributed by atoms with E-state index in [-0.39, 0.29) is 5.91 Å². The molecule has 1 amide bonds. The summed E-state index contributed by atoms with van der Waals surface area (Å²) in [6, 6.07) is 0. The first-order valence-corrected chi connectivity index (χ1v) is 7.26. The number of thiazole rings is 1. The lowest BCUT2D eigenvalue weighted by Crippen LogP contribution is -2.28. The summed E-state index contributed by atoms with van der Waals surface area (Å²) in [5, 5.41) is 0.961. The van der Waals surface area contributed by atoms with E-state index >= 15 is 0 Å². The van der Waals surface area contributed by atoms with Gasteiger partial charge in [-0.1, -0.05) is 0 Å². The van der Waals surface area contributed by atoms with Crippen molar-refractivity contribution in [1.29, 1.82) is 0 Å². The average Bonchev–Trinajstić information content (AvgIpc) is 2.85. The number of aromatic nitrogens is 1. The standard InChI is InChI=1S/C12H17ClN2OS/c1-8-11(17-9(2)14-8)12(16)15-6-4-10(7-15)3-5-13/h10H,3-7H2,1-2H3. The molecule has 1 fully saturated rings. The molecule has 5 heteroatoms. The van der Waals surface area contributed by atoms with E-state index in [0.717, 1.165) is 41.5 Å². The van der Waals surface area contributed by atoms with Crippen molar-refractivity contribution < 1.29 is 4.79 Å². The van der Waals surface area contributed by atoms with Crippen molar-refractivity contribution >= 4 is 28.8 Å². The van der Waals surface area contributed by atoms with Crippen LogP contribution < -0.4 is 0 Å². The molecule has 94 valence electrons. The maximum absolute atomic E-state index is 12.3. The second kappa shape index (κ2) is 5.36. The summed E-state index contributed by atoms with van der Waals surface area (Å²) < 4.78 is 0. The molecule has 0 aliphatic carbocycles. The van der Waals surface area contributed by atoms with E-state index in [2.05, 4.69) is 4.98 Å². The van der Waals surface area contributed by atoms with Crippen molar-refractivity contribution in [3.8, 4) is 0 Å². The number of carbonyl (C=O) groups excluding carboxylic acids is 1. The lowest BCUT2D eigenvalue weighted by Gasteiger charge is -2.15. The van der Waals surface area contributed by atoms with Gasteiger partial charge in [-0.05, 0) is 32.6 Å². The van der Waals surface area contributed by atoms with Gasteiger partial charge in [-0.15, -0.1) is 22.9 Å². The van der Waals surface area contributed by atoms with Crippen molar-refractivity contribution in [2.24, 2.45) is 5.92 Å². The molecule has 0 bridgehead atoms. The SMILES string of the molecule is Cc1nc(C)c(C(=O)N2CCC(CCCl)C2)s1. The second-order valence-electron chi connectivity index (χ2n) is 4.53. The number of likely N-dealkylation sites (tertiary alicyclic amines) is 1. The van der Waals surface area contributed by atoms with Crippen LogP contribution in [0.25, 0.3) is 0 Å². The third-order valence-electron chi connectivity index (χ3n) is 3.19. The number of nitrogens with zero attached hydrogens (tertiary/aromatic N) is 2. The molecule has 1 atom stereocenters. The van der Waals surface area contributed by atoms with Crippen LogP contribution in [0.15, 0.2) is 0 Å². The molecule has 2 heterocycles. The van der Waals surface area contributed by atoms with Crippen molar-refractivity contribution in [2.45, 2.75) is 26.7 Å². The molecule has 1 aromatic heterocycles. The predicted molar refractivity (Wildman–Crippen MR) is 70.9 cm³/mol. The molecular formula is C12H17ClN2OS. The smallest absolute Gasteiger partial charge is 0.265 e. The summed E-state index contributed by atoms with van der Waals surface area (Å²) in [5.41, 5.74) is 0.860. The maximum atomic E-state index is 12.3. The Labute approximate surface area is 111 Å². The molecule has 3 nitrogen and oxygen atoms in total. The largest absolute Gasteiger partial charge is 0.338 e. The van der Waals surface area contributed by atoms with E-state index < -0.39 is 0 Å². The topological polar surface area (TPSA) is 33.2 Å². The number of carbonyl (C=O) groups is 1. The van der Waals surface area contributed by atoms with Gasteiger partial charge in [-0.3, -0.25) is 4.79 Å². The monoisotopic (exact) mass is 272 g/mol. The van der Waals surface area contributed by atoms with Crippen LogP contribution in [-0.2, 0) is 0 Å². The average molecular weight is 273 g/mol. The van der Waals surface area contributed by atoms with Gasteiger partial charge in [0.25, 0.3) is 5.91 Å². The number of rotatable bonds is 3. The van der Waals surface area contributed by atoms with Crippen LogP contribution in [0.1, 0.15) is 33.2 Å². The number of amides is 1. The first kappa shape index (κ1) is 12.8. The lowest BCUT2D eigenvalue weighted by atomic mass is 10.1. The number of hydrogen-bond donors (Lipinski definition) is 0. The molecule has 1 unspecified atom stereocenters. The summed E-state index contributed by atoms with van der Waals surface area (Å²) >= 11 is 7.24. The summed E-state index contributed by atoms with van der Waals surface area (Å²) in [6.45, 7) is 5.55. The Kier molecular flexibility index (Phi) is 4.05. The Morgan fingerprint density at radius 3 is 2.94 bits per heavy atom. The number of aryl methyl sites for hydroxylation is 2. The number of hydrogen-bond acceptors (Lipinski definition) is 3. The van der Waals surface area contributed by atoms with E-state index in [1.807, 2.05) is 18.7 Å². The zero-order valence-corrected chi connectivity index (χ0v) is 11.8. The fourth-order valence-electron chi connectivity index (χ4n) is 2.28. The molecule has 1 aromatic rings. The maximum Gasteiger partial charge on any atom is 0.265 e. The zero-order chi connectivity index (χ0) is 12.4. The molecule has 1 aliphatic rings. The summed E-state index contributed by atoms with van der Waals surface area (Å²) in [5.74, 6) is 1.40. The molecule has 1 saturated heterocycles. The number of alkyl halides is 1. The molecule has 0 saturated carbocycles. The third kappa shape index (κ3) is 2.80. The summed E-state index contributed by atoms with van der Waals surface area (Å²) in [7, 11) is 0. The highest BCUT2D eigenvalue weighted by molar-refractivity contribution is 7.13. The molecule has 0 spiro atoms. The minimum Gasteiger partial charge on any atom is -0.338 e. The van der Waals surface area contributed by atoms with Crippen LogP contribution >= 0.6 is 22.9 Å². The first-order chi connectivity index (χ1) is 8.11. The van der Waals surface area contributed by atoms with Gasteiger partial charge in [-0.2, -0.15) is 0 Å². The molecule has 0 radical (unpaired) electrons. The van der Waals surface area contributed by atoms with Crippen LogP contribution in [0, 0.1) is 19.8 Å². The zero-order valence-electron chi connectivity index (χ0n) is 10.2. The van der Waals surface area contributed by atoms with Crippen molar-refractivity contribution in [3.63, 3.8) is 0 Å². The highest BCUT2D eigenvalue weighted by Crippen LogP contribution is 2.25. The Morgan fingerprint density at radius 1 is 1.59 bits per heavy atom. The predicted octanol–water partition coefficient (Wildman–Crippen LogP) is 2.85. The van der Waals surface area contributed by atoms with Crippen molar-refractivity contribution in [3.05, 3.63) is 15.6 Å². The van der Waals surface area contributed by atoms with Crippen LogP contribution in [0.5, 0.6) is 0 Å². The minimum atomic E-state index is 0.144. The van der Waals surface area contributed by atoms with Gasteiger partial charge < -0.3 is 4.90 Å². The minimum absolute atomic E-state index is 0.144. The van der Waals surface area contributed by atoms with Crippen LogP contribution in [0.4, 0.5) is 0 Å². The van der Waals surface area contributed by atoms with E-state index in [4.69, 9.17) is 11.6 Å². The molecule has 0 aromatic carbocycles. The van der Waals surface area contributed by atoms with Crippen LogP contribution in [0.3, 0.4) is 0 Å². The van der Waals surface area contributed by atoms with Gasteiger partial charge in [0.15, 0.2) is 0 Å². The molecule has 1 aliphatic heterocycles. The fourth-order valence-corrected chi connectivity index (χ4v) is 3.48. The Hall–Kier alpha value is -0.610. The van der Waals surface area contributed by atoms with Crippen LogP contribution in [-0.4, -0.2) is 34.8 Å². The Balaban J connectivity index is 2.04. The van der Waals surface area contributed by atoms with E-state index in [1.54, 1.807) is 0 Å². The number of halogens is 1. The summed E-state index contributed by atoms with van der Waals surface area (Å²) in [6.07, 6.45) is 2.08. The highest BCUT2D eigenvalue weighted by Gasteiger charge is 2.28. The van der Waals surface area contributed by atoms with Gasteiger partial charge >= 0.3 is 0 Å². The second-order valence-corrected chi connectivity index (χ2v) is 6.11. The van der Waals surface area contributed by atoms with Gasteiger partial charge in [0.05, 0.1) is 10.7 Å². The quantitative estimate of drug-likeness (QED) is 0.793. The van der Waals surface area contributed by atoms with Gasteiger partial charge in [-0.25, -0.2) is 4.98 Å². The van der Waals surface area contributed by atoms with E-state index in [0.29, 0.717) is 11.8 Å². The first-order valence-electron chi connectivity index (χ1n) is 5.91. The molecule has 17 heavy (non-hydrogen) atoms. The Bertz CT molecular complexity index is 419. The molecular weight excluding hydrogens is 256 g/mol. The van der Waals surface area contributed by atoms with Gasteiger partial charge in [0.1, 0.15) is 4.88 Å². The summed E-state index contributed by atoms with van der Waals surface area (Å²) in [4.78, 5) is 19.3. The third-order valence-corrected chi connectivity index (χ3v) is 4.47. The molecule has 2 rings (SSSR count). The highest BCUT2D eigenvalue weighted by atomic mass is 35.5. The van der Waals surface area contributed by atoms with Crippen molar-refractivity contribution in [2.75, 3.05) is 19.0 Å². The lowest BCUT2D eigenvalue weighted by molar-refractivity contribution is 0.0791. The fraction of sp³-hybridized carbons (Fsp3) is 0.667. The Morgan fingerprint density at radius 2 is 2.35 bits per heavy atom.